The van der Waals surface area contributed by atoms with Crippen molar-refractivity contribution < 1.29 is 42.2 Å². The maximum atomic E-state index is 11.6. The fourth-order valence-electron chi connectivity index (χ4n) is 2.41. The summed E-state index contributed by atoms with van der Waals surface area (Å²) >= 11 is 0. The summed E-state index contributed by atoms with van der Waals surface area (Å²) in [5, 5.41) is 8.67. The predicted molar refractivity (Wildman–Crippen MR) is 133 cm³/mol. The van der Waals surface area contributed by atoms with Crippen LogP contribution in [-0.4, -0.2) is 59.8 Å². The van der Waals surface area contributed by atoms with E-state index >= 15 is 0 Å². The van der Waals surface area contributed by atoms with Gasteiger partial charge >= 0.3 is 26.7 Å². The molecule has 0 saturated heterocycles. The molecule has 1 aromatic carbocycles. The Kier molecular flexibility index (Phi) is 15.9. The van der Waals surface area contributed by atoms with Gasteiger partial charge in [0.2, 0.25) is 0 Å². The Morgan fingerprint density at radius 3 is 2.00 bits per heavy atom. The van der Waals surface area contributed by atoms with Crippen molar-refractivity contribution in [2.75, 3.05) is 27.9 Å². The van der Waals surface area contributed by atoms with Gasteiger partial charge in [-0.1, -0.05) is 49.6 Å². The summed E-state index contributed by atoms with van der Waals surface area (Å²) in [6.45, 7) is 10.6. The number of hydrogen-bond donors (Lipinski definition) is 1. The van der Waals surface area contributed by atoms with E-state index in [0.29, 0.717) is 24.6 Å². The Balaban J connectivity index is 0.000000672. The van der Waals surface area contributed by atoms with E-state index in [4.69, 9.17) is 27.9 Å². The van der Waals surface area contributed by atoms with Crippen LogP contribution >= 0.6 is 0 Å². The molecular weight excluding hydrogens is 472 g/mol. The third-order valence-electron chi connectivity index (χ3n) is 4.64. The molecule has 10 heteroatoms. The van der Waals surface area contributed by atoms with Gasteiger partial charge in [-0.2, -0.15) is 0 Å². The number of carbonyl (C=O) groups excluding carboxylic acids is 2. The maximum Gasteiger partial charge on any atom is 0.500 e. The third kappa shape index (κ3) is 13.4. The maximum absolute atomic E-state index is 11.6. The van der Waals surface area contributed by atoms with Gasteiger partial charge in [0.25, 0.3) is 0 Å². The highest BCUT2D eigenvalue weighted by Gasteiger charge is 2.37. The van der Waals surface area contributed by atoms with E-state index in [0.717, 1.165) is 5.56 Å². The fourth-order valence-corrected chi connectivity index (χ4v) is 4.09. The molecule has 0 bridgehead atoms. The zero-order chi connectivity index (χ0) is 26.9. The van der Waals surface area contributed by atoms with Gasteiger partial charge in [-0.25, -0.2) is 14.4 Å². The molecule has 0 aliphatic rings. The summed E-state index contributed by atoms with van der Waals surface area (Å²) < 4.78 is 25.7. The standard InChI is InChI=1S/C15H16O4.C10H20O5Si/c1-11(14(16)17)8-9-12(2)15(18)19-10-13-6-4-3-5-7-13;1-9(2)10(11)15-7-6-8-16(12-3,13-4)14-5/h3-8H,2,9-10H2,1H3,(H,16,17);1,6-8H2,2-5H3. The van der Waals surface area contributed by atoms with E-state index in [9.17, 15) is 14.4 Å². The number of allylic oxidation sites excluding steroid dienone is 1. The molecule has 0 unspecified atom stereocenters. The van der Waals surface area contributed by atoms with Crippen LogP contribution in [0.5, 0.6) is 0 Å². The second-order valence-electron chi connectivity index (χ2n) is 7.38. The SMILES string of the molecule is C=C(C)C(=O)OCCC[Si](OC)(OC)OC.C=C(CC=C(C)C(=O)O)C(=O)OCc1ccccc1. The Morgan fingerprint density at radius 2 is 1.51 bits per heavy atom. The molecule has 0 heterocycles. The first kappa shape index (κ1) is 31.9. The van der Waals surface area contributed by atoms with Crippen molar-refractivity contribution in [2.24, 2.45) is 0 Å². The fraction of sp³-hybridized carbons (Fsp3) is 0.400. The molecule has 0 radical (unpaired) electrons. The highest BCUT2D eigenvalue weighted by molar-refractivity contribution is 6.60. The zero-order valence-electron chi connectivity index (χ0n) is 21.1. The first-order valence-electron chi connectivity index (χ1n) is 10.8. The molecule has 0 atom stereocenters. The van der Waals surface area contributed by atoms with E-state index in [1.807, 2.05) is 30.3 Å². The molecule has 0 fully saturated rings. The molecule has 35 heavy (non-hydrogen) atoms. The van der Waals surface area contributed by atoms with Gasteiger partial charge in [0, 0.05) is 44.1 Å². The Bertz CT molecular complexity index is 866. The lowest BCUT2D eigenvalue weighted by Crippen LogP contribution is -2.42. The lowest BCUT2D eigenvalue weighted by atomic mass is 10.1. The second kappa shape index (κ2) is 17.4. The molecule has 0 aromatic heterocycles. The van der Waals surface area contributed by atoms with E-state index < -0.39 is 20.7 Å². The number of rotatable bonds is 14. The van der Waals surface area contributed by atoms with Gasteiger partial charge in [-0.3, -0.25) is 0 Å². The van der Waals surface area contributed by atoms with Crippen LogP contribution < -0.4 is 0 Å². The Labute approximate surface area is 208 Å². The summed E-state index contributed by atoms with van der Waals surface area (Å²) in [4.78, 5) is 33.3. The molecular formula is C25H36O9Si. The first-order chi connectivity index (χ1) is 16.5. The van der Waals surface area contributed by atoms with E-state index in [2.05, 4.69) is 13.2 Å². The molecule has 1 rings (SSSR count). The number of aliphatic carboxylic acids is 1. The number of hydrogen-bond acceptors (Lipinski definition) is 8. The largest absolute Gasteiger partial charge is 0.500 e. The third-order valence-corrected chi connectivity index (χ3v) is 7.47. The minimum Gasteiger partial charge on any atom is -0.478 e. The minimum atomic E-state index is -2.53. The summed E-state index contributed by atoms with van der Waals surface area (Å²) in [5.41, 5.74) is 1.70. The van der Waals surface area contributed by atoms with Crippen molar-refractivity contribution in [1.82, 2.24) is 0 Å². The van der Waals surface area contributed by atoms with E-state index in [1.165, 1.54) is 13.0 Å². The molecule has 1 N–H and O–H groups in total. The van der Waals surface area contributed by atoms with Crippen LogP contribution in [0.4, 0.5) is 0 Å². The molecule has 0 spiro atoms. The Hall–Kier alpha value is -3.05. The van der Waals surface area contributed by atoms with Gasteiger partial charge in [-0.05, 0) is 32.3 Å². The average molecular weight is 509 g/mol. The monoisotopic (exact) mass is 508 g/mol. The van der Waals surface area contributed by atoms with Gasteiger partial charge < -0.3 is 27.9 Å². The second-order valence-corrected chi connectivity index (χ2v) is 10.5. The zero-order valence-corrected chi connectivity index (χ0v) is 22.1. The molecule has 194 valence electrons. The topological polar surface area (TPSA) is 118 Å². The number of benzene rings is 1. The van der Waals surface area contributed by atoms with Crippen LogP contribution in [-0.2, 0) is 43.7 Å². The molecule has 0 amide bonds. The van der Waals surface area contributed by atoms with Crippen molar-refractivity contribution >= 4 is 26.7 Å². The number of carboxylic acid groups (broad SMARTS) is 1. The first-order valence-corrected chi connectivity index (χ1v) is 12.7. The molecule has 0 aliphatic heterocycles. The normalized spacial score (nSPS) is 11.1. The van der Waals surface area contributed by atoms with Crippen LogP contribution in [0.15, 0.2) is 66.3 Å². The Morgan fingerprint density at radius 1 is 0.943 bits per heavy atom. The van der Waals surface area contributed by atoms with Gasteiger partial charge in [0.05, 0.1) is 6.61 Å². The number of carboxylic acids is 1. The van der Waals surface area contributed by atoms with E-state index in [1.54, 1.807) is 28.3 Å². The van der Waals surface area contributed by atoms with Crippen molar-refractivity contribution in [3.8, 4) is 0 Å². The van der Waals surface area contributed by atoms with E-state index in [-0.39, 0.29) is 30.1 Å². The number of carbonyl (C=O) groups is 3. The van der Waals surface area contributed by atoms with Gasteiger partial charge in [-0.15, -0.1) is 0 Å². The van der Waals surface area contributed by atoms with Crippen LogP contribution in [0, 0.1) is 0 Å². The average Bonchev–Trinajstić information content (AvgIpc) is 2.86. The van der Waals surface area contributed by atoms with Crippen molar-refractivity contribution in [2.45, 2.75) is 39.3 Å². The predicted octanol–water partition coefficient (Wildman–Crippen LogP) is 4.08. The van der Waals surface area contributed by atoms with Crippen LogP contribution in [0.2, 0.25) is 6.04 Å². The summed E-state index contributed by atoms with van der Waals surface area (Å²) in [6, 6.07) is 9.91. The van der Waals surface area contributed by atoms with Crippen molar-refractivity contribution in [3.63, 3.8) is 0 Å². The summed E-state index contributed by atoms with van der Waals surface area (Å²) in [7, 11) is 2.13. The summed E-state index contributed by atoms with van der Waals surface area (Å²) in [6.07, 6.45) is 2.25. The highest BCUT2D eigenvalue weighted by atomic mass is 28.4. The number of esters is 2. The molecule has 0 aliphatic carbocycles. The van der Waals surface area contributed by atoms with Crippen LogP contribution in [0.1, 0.15) is 32.3 Å². The van der Waals surface area contributed by atoms with Crippen molar-refractivity contribution in [1.29, 1.82) is 0 Å². The highest BCUT2D eigenvalue weighted by Crippen LogP contribution is 2.15. The van der Waals surface area contributed by atoms with Crippen LogP contribution in [0.3, 0.4) is 0 Å². The smallest absolute Gasteiger partial charge is 0.478 e. The quantitative estimate of drug-likeness (QED) is 0.172. The van der Waals surface area contributed by atoms with Gasteiger partial charge in [0.15, 0.2) is 0 Å². The summed E-state index contributed by atoms with van der Waals surface area (Å²) in [5.74, 6) is -1.90. The molecule has 0 saturated carbocycles. The number of ether oxygens (including phenoxy) is 2. The molecule has 9 nitrogen and oxygen atoms in total. The lowest BCUT2D eigenvalue weighted by molar-refractivity contribution is -0.140. The van der Waals surface area contributed by atoms with Crippen LogP contribution in [0.25, 0.3) is 0 Å². The molecule has 1 aromatic rings. The minimum absolute atomic E-state index is 0.172. The lowest BCUT2D eigenvalue weighted by Gasteiger charge is -2.24. The van der Waals surface area contributed by atoms with Gasteiger partial charge in [0.1, 0.15) is 6.61 Å². The van der Waals surface area contributed by atoms with Crippen molar-refractivity contribution in [3.05, 3.63) is 71.8 Å².